The molecular weight excluding hydrogens is 418 g/mol. The van der Waals surface area contributed by atoms with E-state index in [1.54, 1.807) is 58.1 Å². The van der Waals surface area contributed by atoms with E-state index in [0.717, 1.165) is 21.4 Å². The number of ether oxygens (including phenoxy) is 4. The standard InChI is InChI=1S/C21H27N5O4S/c1-12(11-27-3)23-21-24-13(2)19(31-21)15-7-8-22-20(26-15)25-14-9-16(28-4)18(30-6)17(10-14)29-5/h7-10,12H,11H2,1-6H3,(H,23,24)(H,22,25,26). The Labute approximate surface area is 185 Å². The van der Waals surface area contributed by atoms with Crippen LogP contribution in [0.3, 0.4) is 0 Å². The first-order valence-electron chi connectivity index (χ1n) is 9.62. The second kappa shape index (κ2) is 10.3. The first-order valence-corrected chi connectivity index (χ1v) is 10.4. The lowest BCUT2D eigenvalue weighted by Crippen LogP contribution is -2.20. The van der Waals surface area contributed by atoms with Crippen molar-refractivity contribution >= 4 is 28.1 Å². The number of hydrogen-bond acceptors (Lipinski definition) is 10. The topological polar surface area (TPSA) is 99.7 Å². The zero-order valence-corrected chi connectivity index (χ0v) is 19.3. The molecule has 0 bridgehead atoms. The highest BCUT2D eigenvalue weighted by Gasteiger charge is 2.16. The number of nitrogens with zero attached hydrogens (tertiary/aromatic N) is 3. The molecule has 3 aromatic rings. The molecule has 0 amide bonds. The van der Waals surface area contributed by atoms with Gasteiger partial charge in [-0.3, -0.25) is 0 Å². The van der Waals surface area contributed by atoms with Crippen molar-refractivity contribution in [2.45, 2.75) is 19.9 Å². The van der Waals surface area contributed by atoms with Crippen LogP contribution in [-0.2, 0) is 4.74 Å². The van der Waals surface area contributed by atoms with Crippen molar-refractivity contribution in [2.75, 3.05) is 45.7 Å². The predicted octanol–water partition coefficient (Wildman–Crippen LogP) is 4.12. The molecule has 3 rings (SSSR count). The van der Waals surface area contributed by atoms with E-state index in [2.05, 4.69) is 25.6 Å². The van der Waals surface area contributed by atoms with Gasteiger partial charge in [0, 0.05) is 37.2 Å². The summed E-state index contributed by atoms with van der Waals surface area (Å²) in [4.78, 5) is 14.6. The zero-order valence-electron chi connectivity index (χ0n) is 18.5. The van der Waals surface area contributed by atoms with E-state index in [-0.39, 0.29) is 6.04 Å². The number of nitrogens with one attached hydrogen (secondary N) is 2. The molecule has 1 aromatic carbocycles. The maximum absolute atomic E-state index is 5.41. The van der Waals surface area contributed by atoms with E-state index in [1.807, 2.05) is 19.9 Å². The van der Waals surface area contributed by atoms with Gasteiger partial charge in [-0.25, -0.2) is 15.0 Å². The van der Waals surface area contributed by atoms with E-state index in [0.29, 0.717) is 35.5 Å². The van der Waals surface area contributed by atoms with Gasteiger partial charge in [0.05, 0.1) is 44.2 Å². The fourth-order valence-corrected chi connectivity index (χ4v) is 4.07. The van der Waals surface area contributed by atoms with Crippen LogP contribution in [0.1, 0.15) is 12.6 Å². The lowest BCUT2D eigenvalue weighted by atomic mass is 10.2. The van der Waals surface area contributed by atoms with Crippen LogP contribution in [-0.4, -0.2) is 56.0 Å². The zero-order chi connectivity index (χ0) is 22.4. The van der Waals surface area contributed by atoms with Crippen molar-refractivity contribution in [3.8, 4) is 27.8 Å². The van der Waals surface area contributed by atoms with Crippen LogP contribution < -0.4 is 24.8 Å². The Morgan fingerprint density at radius 3 is 2.35 bits per heavy atom. The normalized spacial score (nSPS) is 11.7. The molecule has 0 aliphatic carbocycles. The van der Waals surface area contributed by atoms with Crippen LogP contribution in [0.4, 0.5) is 16.8 Å². The number of methoxy groups -OCH3 is 4. The van der Waals surface area contributed by atoms with Crippen molar-refractivity contribution in [3.63, 3.8) is 0 Å². The Bertz CT molecular complexity index is 1000. The van der Waals surface area contributed by atoms with Gasteiger partial charge in [0.15, 0.2) is 16.6 Å². The summed E-state index contributed by atoms with van der Waals surface area (Å²) in [5, 5.41) is 7.38. The van der Waals surface area contributed by atoms with Crippen LogP contribution >= 0.6 is 11.3 Å². The smallest absolute Gasteiger partial charge is 0.227 e. The molecule has 2 aromatic heterocycles. The maximum Gasteiger partial charge on any atom is 0.227 e. The van der Waals surface area contributed by atoms with Crippen LogP contribution in [0.2, 0.25) is 0 Å². The van der Waals surface area contributed by atoms with Crippen molar-refractivity contribution in [1.82, 2.24) is 15.0 Å². The average molecular weight is 446 g/mol. The van der Waals surface area contributed by atoms with Gasteiger partial charge in [0.2, 0.25) is 11.7 Å². The Hall–Kier alpha value is -3.11. The van der Waals surface area contributed by atoms with Gasteiger partial charge in [0.1, 0.15) is 0 Å². The Balaban J connectivity index is 1.86. The molecule has 0 spiro atoms. The number of hydrogen-bond donors (Lipinski definition) is 2. The summed E-state index contributed by atoms with van der Waals surface area (Å²) in [5.41, 5.74) is 2.39. The van der Waals surface area contributed by atoms with E-state index in [4.69, 9.17) is 18.9 Å². The molecule has 0 radical (unpaired) electrons. The van der Waals surface area contributed by atoms with Gasteiger partial charge in [-0.05, 0) is 19.9 Å². The Morgan fingerprint density at radius 2 is 1.74 bits per heavy atom. The molecule has 0 saturated heterocycles. The van der Waals surface area contributed by atoms with Gasteiger partial charge >= 0.3 is 0 Å². The van der Waals surface area contributed by atoms with E-state index in [1.165, 1.54) is 0 Å². The molecule has 31 heavy (non-hydrogen) atoms. The van der Waals surface area contributed by atoms with Crippen LogP contribution in [0.5, 0.6) is 17.2 Å². The highest BCUT2D eigenvalue weighted by Crippen LogP contribution is 2.40. The molecule has 166 valence electrons. The summed E-state index contributed by atoms with van der Waals surface area (Å²) in [6, 6.07) is 5.62. The number of aryl methyl sites for hydroxylation is 1. The third-order valence-electron chi connectivity index (χ3n) is 4.39. The van der Waals surface area contributed by atoms with Crippen molar-refractivity contribution in [2.24, 2.45) is 0 Å². The molecule has 1 atom stereocenters. The minimum absolute atomic E-state index is 0.158. The average Bonchev–Trinajstić information content (AvgIpc) is 3.13. The second-order valence-corrected chi connectivity index (χ2v) is 7.74. The number of benzene rings is 1. The molecule has 2 N–H and O–H groups in total. The van der Waals surface area contributed by atoms with Gasteiger partial charge in [0.25, 0.3) is 0 Å². The summed E-state index contributed by atoms with van der Waals surface area (Å²) in [6.07, 6.45) is 1.71. The summed E-state index contributed by atoms with van der Waals surface area (Å²) >= 11 is 1.55. The Morgan fingerprint density at radius 1 is 1.03 bits per heavy atom. The van der Waals surface area contributed by atoms with Crippen molar-refractivity contribution in [3.05, 3.63) is 30.1 Å². The van der Waals surface area contributed by atoms with Crippen LogP contribution in [0.15, 0.2) is 24.4 Å². The summed E-state index contributed by atoms with van der Waals surface area (Å²) in [5.74, 6) is 2.05. The molecule has 2 heterocycles. The van der Waals surface area contributed by atoms with Gasteiger partial charge in [-0.2, -0.15) is 0 Å². The van der Waals surface area contributed by atoms with E-state index >= 15 is 0 Å². The molecule has 0 fully saturated rings. The quantitative estimate of drug-likeness (QED) is 0.477. The minimum atomic E-state index is 0.158. The summed E-state index contributed by atoms with van der Waals surface area (Å²) in [7, 11) is 6.39. The lowest BCUT2D eigenvalue weighted by Gasteiger charge is -2.14. The third-order valence-corrected chi connectivity index (χ3v) is 5.50. The third kappa shape index (κ3) is 5.33. The second-order valence-electron chi connectivity index (χ2n) is 6.74. The number of thiazole rings is 1. The van der Waals surface area contributed by atoms with Crippen LogP contribution in [0.25, 0.3) is 10.6 Å². The van der Waals surface area contributed by atoms with Gasteiger partial charge in [-0.15, -0.1) is 0 Å². The minimum Gasteiger partial charge on any atom is -0.493 e. The molecule has 9 nitrogen and oxygen atoms in total. The van der Waals surface area contributed by atoms with E-state index in [9.17, 15) is 0 Å². The first kappa shape index (κ1) is 22.6. The molecule has 0 aliphatic rings. The Kier molecular flexibility index (Phi) is 7.48. The van der Waals surface area contributed by atoms with Gasteiger partial charge in [-0.1, -0.05) is 11.3 Å². The number of rotatable bonds is 10. The maximum atomic E-state index is 5.41. The molecule has 1 unspecified atom stereocenters. The molecule has 0 aliphatic heterocycles. The van der Waals surface area contributed by atoms with Crippen molar-refractivity contribution in [1.29, 1.82) is 0 Å². The van der Waals surface area contributed by atoms with Crippen LogP contribution in [0, 0.1) is 6.92 Å². The molecular formula is C21H27N5O4S. The van der Waals surface area contributed by atoms with E-state index < -0.39 is 0 Å². The fraction of sp³-hybridized carbons (Fsp3) is 0.381. The van der Waals surface area contributed by atoms with Gasteiger partial charge < -0.3 is 29.6 Å². The number of aromatic nitrogens is 3. The predicted molar refractivity (Wildman–Crippen MR) is 122 cm³/mol. The summed E-state index contributed by atoms with van der Waals surface area (Å²) in [6.45, 7) is 4.61. The molecule has 10 heteroatoms. The first-order chi connectivity index (χ1) is 15.0. The summed E-state index contributed by atoms with van der Waals surface area (Å²) < 4.78 is 21.4. The largest absolute Gasteiger partial charge is 0.493 e. The lowest BCUT2D eigenvalue weighted by molar-refractivity contribution is 0.190. The number of anilines is 3. The monoisotopic (exact) mass is 445 g/mol. The highest BCUT2D eigenvalue weighted by molar-refractivity contribution is 7.19. The molecule has 0 saturated carbocycles. The highest BCUT2D eigenvalue weighted by atomic mass is 32.1. The fourth-order valence-electron chi connectivity index (χ4n) is 3.03. The SMILES string of the molecule is COCC(C)Nc1nc(C)c(-c2ccnc(Nc3cc(OC)c(OC)c(OC)c3)n2)s1. The van der Waals surface area contributed by atoms with Crippen molar-refractivity contribution < 1.29 is 18.9 Å².